The van der Waals surface area contributed by atoms with Gasteiger partial charge in [-0.3, -0.25) is 9.71 Å². The first-order valence-electron chi connectivity index (χ1n) is 14.1. The van der Waals surface area contributed by atoms with Gasteiger partial charge in [0, 0.05) is 48.6 Å². The molecule has 1 saturated heterocycles. The van der Waals surface area contributed by atoms with Crippen LogP contribution in [0.15, 0.2) is 108 Å². The molecule has 0 amide bonds. The molecule has 1 aliphatic rings. The Kier molecular flexibility index (Phi) is 9.66. The van der Waals surface area contributed by atoms with Crippen molar-refractivity contribution in [2.75, 3.05) is 24.9 Å². The van der Waals surface area contributed by atoms with Crippen LogP contribution in [0, 0.1) is 5.92 Å². The topological polar surface area (TPSA) is 101 Å². The van der Waals surface area contributed by atoms with Crippen molar-refractivity contribution in [2.45, 2.75) is 43.3 Å². The molecule has 0 bridgehead atoms. The van der Waals surface area contributed by atoms with Crippen molar-refractivity contribution in [3.63, 3.8) is 0 Å². The summed E-state index contributed by atoms with van der Waals surface area (Å²) in [6.45, 7) is 3.66. The van der Waals surface area contributed by atoms with Crippen LogP contribution in [0.25, 0.3) is 0 Å². The van der Waals surface area contributed by atoms with Crippen molar-refractivity contribution in [1.29, 1.82) is 0 Å². The monoisotopic (exact) mass is 587 g/mol. The molecule has 1 aliphatic heterocycles. The van der Waals surface area contributed by atoms with E-state index in [1.807, 2.05) is 60.8 Å². The van der Waals surface area contributed by atoms with Crippen LogP contribution in [-0.2, 0) is 32.5 Å². The van der Waals surface area contributed by atoms with E-state index in [1.165, 1.54) is 0 Å². The molecular weight excluding hydrogens is 550 g/mol. The molecule has 0 radical (unpaired) electrons. The Bertz CT molecular complexity index is 1520. The van der Waals surface area contributed by atoms with E-state index in [2.05, 4.69) is 28.6 Å². The van der Waals surface area contributed by atoms with Crippen LogP contribution < -0.4 is 4.72 Å². The standard InChI is InChI=1S/C33H37N3O5S/c1-24-31(22-36(2)21-19-28-8-6-7-20-34-28)40-33(41-32(24)26-13-11-25(23-37)12-14-26)27-15-17-29(18-16-27)35-42(38,39)30-9-4-3-5-10-30/h3-18,20,24,31-33,35,37H,19,21-23H2,1-2H3. The van der Waals surface area contributed by atoms with Crippen molar-refractivity contribution < 1.29 is 23.0 Å². The number of rotatable bonds is 11. The highest BCUT2D eigenvalue weighted by atomic mass is 32.2. The van der Waals surface area contributed by atoms with E-state index in [-0.39, 0.29) is 29.6 Å². The lowest BCUT2D eigenvalue weighted by molar-refractivity contribution is -0.275. The fraction of sp³-hybridized carbons (Fsp3) is 0.303. The zero-order chi connectivity index (χ0) is 29.5. The quantitative estimate of drug-likeness (QED) is 0.244. The number of sulfonamides is 1. The fourth-order valence-corrected chi connectivity index (χ4v) is 6.18. The molecule has 42 heavy (non-hydrogen) atoms. The van der Waals surface area contributed by atoms with E-state index >= 15 is 0 Å². The smallest absolute Gasteiger partial charge is 0.261 e. The normalized spacial score (nSPS) is 20.9. The number of aromatic nitrogens is 1. The van der Waals surface area contributed by atoms with Gasteiger partial charge in [0.05, 0.1) is 23.7 Å². The number of hydrogen-bond acceptors (Lipinski definition) is 7. The second-order valence-corrected chi connectivity index (χ2v) is 12.4. The molecule has 8 nitrogen and oxygen atoms in total. The van der Waals surface area contributed by atoms with Gasteiger partial charge in [-0.05, 0) is 54.6 Å². The molecule has 4 atom stereocenters. The van der Waals surface area contributed by atoms with Crippen molar-refractivity contribution in [2.24, 2.45) is 5.92 Å². The third-order valence-corrected chi connectivity index (χ3v) is 8.98. The van der Waals surface area contributed by atoms with E-state index in [4.69, 9.17) is 9.47 Å². The molecule has 3 aromatic carbocycles. The molecule has 9 heteroatoms. The molecule has 0 saturated carbocycles. The summed E-state index contributed by atoms with van der Waals surface area (Å²) in [5, 5.41) is 9.51. The molecule has 4 unspecified atom stereocenters. The van der Waals surface area contributed by atoms with Gasteiger partial charge in [0.25, 0.3) is 10.0 Å². The Balaban J connectivity index is 1.33. The van der Waals surface area contributed by atoms with E-state index in [0.29, 0.717) is 12.2 Å². The van der Waals surface area contributed by atoms with Crippen LogP contribution in [0.2, 0.25) is 0 Å². The summed E-state index contributed by atoms with van der Waals surface area (Å²) in [5.74, 6) is 0.0514. The van der Waals surface area contributed by atoms with Crippen LogP contribution in [-0.4, -0.2) is 49.6 Å². The summed E-state index contributed by atoms with van der Waals surface area (Å²) in [7, 11) is -1.61. The Morgan fingerprint density at radius 1 is 0.881 bits per heavy atom. The second-order valence-electron chi connectivity index (χ2n) is 10.7. The predicted octanol–water partition coefficient (Wildman–Crippen LogP) is 5.34. The number of benzene rings is 3. The molecule has 4 aromatic rings. The number of anilines is 1. The molecule has 5 rings (SSSR count). The van der Waals surface area contributed by atoms with Gasteiger partial charge >= 0.3 is 0 Å². The molecule has 2 N–H and O–H groups in total. The largest absolute Gasteiger partial charge is 0.392 e. The van der Waals surface area contributed by atoms with Crippen LogP contribution in [0.1, 0.15) is 41.7 Å². The third-order valence-electron chi connectivity index (χ3n) is 7.58. The van der Waals surface area contributed by atoms with Gasteiger partial charge in [-0.1, -0.05) is 67.6 Å². The molecule has 1 aromatic heterocycles. The van der Waals surface area contributed by atoms with Crippen molar-refractivity contribution in [3.05, 3.63) is 126 Å². The summed E-state index contributed by atoms with van der Waals surface area (Å²) in [6.07, 6.45) is 1.65. The summed E-state index contributed by atoms with van der Waals surface area (Å²) in [6, 6.07) is 29.2. The lowest BCUT2D eigenvalue weighted by Crippen LogP contribution is -2.43. The van der Waals surface area contributed by atoms with Crippen LogP contribution in [0.4, 0.5) is 5.69 Å². The molecule has 220 valence electrons. The van der Waals surface area contributed by atoms with Crippen LogP contribution in [0.5, 0.6) is 0 Å². The molecule has 0 spiro atoms. The minimum atomic E-state index is -3.70. The number of pyridine rings is 1. The van der Waals surface area contributed by atoms with Crippen molar-refractivity contribution in [1.82, 2.24) is 9.88 Å². The van der Waals surface area contributed by atoms with E-state index in [1.54, 1.807) is 42.5 Å². The highest BCUT2D eigenvalue weighted by Crippen LogP contribution is 2.42. The highest BCUT2D eigenvalue weighted by Gasteiger charge is 2.38. The first-order valence-corrected chi connectivity index (χ1v) is 15.6. The first kappa shape index (κ1) is 29.9. The van der Waals surface area contributed by atoms with E-state index < -0.39 is 16.3 Å². The molecular formula is C33H37N3O5S. The number of nitrogens with zero attached hydrogens (tertiary/aromatic N) is 2. The van der Waals surface area contributed by atoms with Gasteiger partial charge in [0.15, 0.2) is 6.29 Å². The Labute approximate surface area is 248 Å². The number of nitrogens with one attached hydrogen (secondary N) is 1. The highest BCUT2D eigenvalue weighted by molar-refractivity contribution is 7.92. The first-order chi connectivity index (χ1) is 20.3. The number of aliphatic hydroxyl groups excluding tert-OH is 1. The average molecular weight is 588 g/mol. The minimum absolute atomic E-state index is 0.0167. The Morgan fingerprint density at radius 3 is 2.24 bits per heavy atom. The number of likely N-dealkylation sites (N-methyl/N-ethyl adjacent to an activating group) is 1. The predicted molar refractivity (Wildman–Crippen MR) is 162 cm³/mol. The van der Waals surface area contributed by atoms with Gasteiger partial charge in [0.1, 0.15) is 0 Å². The van der Waals surface area contributed by atoms with Gasteiger partial charge in [-0.2, -0.15) is 0 Å². The molecule has 0 aliphatic carbocycles. The maximum absolute atomic E-state index is 12.8. The van der Waals surface area contributed by atoms with E-state index in [0.717, 1.165) is 35.3 Å². The average Bonchev–Trinajstić information content (AvgIpc) is 3.02. The SMILES string of the molecule is CC1C(CN(C)CCc2ccccn2)OC(c2ccc(NS(=O)(=O)c3ccccc3)cc2)OC1c1ccc(CO)cc1. The zero-order valence-electron chi connectivity index (χ0n) is 23.8. The molecule has 2 heterocycles. The number of aliphatic hydroxyl groups is 1. The zero-order valence-corrected chi connectivity index (χ0v) is 24.7. The number of hydrogen-bond donors (Lipinski definition) is 2. The van der Waals surface area contributed by atoms with Crippen LogP contribution in [0.3, 0.4) is 0 Å². The maximum Gasteiger partial charge on any atom is 0.261 e. The second kappa shape index (κ2) is 13.6. The number of ether oxygens (including phenoxy) is 2. The van der Waals surface area contributed by atoms with Crippen molar-refractivity contribution >= 4 is 15.7 Å². The summed E-state index contributed by atoms with van der Waals surface area (Å²) < 4.78 is 41.3. The van der Waals surface area contributed by atoms with Gasteiger partial charge in [0.2, 0.25) is 0 Å². The Morgan fingerprint density at radius 2 is 1.57 bits per heavy atom. The third kappa shape index (κ3) is 7.42. The summed E-state index contributed by atoms with van der Waals surface area (Å²) in [4.78, 5) is 6.89. The van der Waals surface area contributed by atoms with Gasteiger partial charge in [-0.15, -0.1) is 0 Å². The summed E-state index contributed by atoms with van der Waals surface area (Å²) in [5.41, 5.74) is 4.15. The lowest BCUT2D eigenvalue weighted by atomic mass is 9.90. The Hall–Kier alpha value is -3.60. The van der Waals surface area contributed by atoms with E-state index in [9.17, 15) is 13.5 Å². The molecule has 1 fully saturated rings. The summed E-state index contributed by atoms with van der Waals surface area (Å²) >= 11 is 0. The minimum Gasteiger partial charge on any atom is -0.392 e. The van der Waals surface area contributed by atoms with Gasteiger partial charge < -0.3 is 19.5 Å². The fourth-order valence-electron chi connectivity index (χ4n) is 5.10. The maximum atomic E-state index is 12.8. The van der Waals surface area contributed by atoms with Crippen molar-refractivity contribution in [3.8, 4) is 0 Å². The van der Waals surface area contributed by atoms with Crippen LogP contribution >= 0.6 is 0 Å². The lowest BCUT2D eigenvalue weighted by Gasteiger charge is -2.42. The van der Waals surface area contributed by atoms with Gasteiger partial charge in [-0.25, -0.2) is 8.42 Å².